The lowest BCUT2D eigenvalue weighted by Gasteiger charge is -2.19. The molecule has 1 aliphatic rings. The summed E-state index contributed by atoms with van der Waals surface area (Å²) in [5, 5.41) is 2.71. The fourth-order valence-electron chi connectivity index (χ4n) is 2.57. The molecule has 3 rings (SSSR count). The number of esters is 1. The average Bonchev–Trinajstić information content (AvgIpc) is 2.69. The molecule has 1 heterocycles. The summed E-state index contributed by atoms with van der Waals surface area (Å²) in [5.74, 6) is 0.457. The van der Waals surface area contributed by atoms with Crippen LogP contribution in [0.3, 0.4) is 0 Å². The maximum atomic E-state index is 12.3. The molecule has 0 bridgehead atoms. The molecule has 0 saturated carbocycles. The Kier molecular flexibility index (Phi) is 5.76. The monoisotopic (exact) mass is 367 g/mol. The third-order valence-electron chi connectivity index (χ3n) is 3.98. The van der Waals surface area contributed by atoms with Gasteiger partial charge in [-0.15, -0.1) is 0 Å². The van der Waals surface area contributed by atoms with Crippen LogP contribution in [0.4, 0.5) is 5.69 Å². The van der Waals surface area contributed by atoms with Crippen molar-refractivity contribution in [3.63, 3.8) is 0 Å². The van der Waals surface area contributed by atoms with Gasteiger partial charge in [-0.3, -0.25) is 4.79 Å². The van der Waals surface area contributed by atoms with Gasteiger partial charge in [0, 0.05) is 11.3 Å². The van der Waals surface area contributed by atoms with Crippen LogP contribution in [0.2, 0.25) is 0 Å². The van der Waals surface area contributed by atoms with Gasteiger partial charge in [-0.1, -0.05) is 18.2 Å². The zero-order valence-corrected chi connectivity index (χ0v) is 15.2. The molecule has 0 spiro atoms. The second-order valence-corrected chi connectivity index (χ2v) is 5.99. The van der Waals surface area contributed by atoms with E-state index in [4.69, 9.17) is 14.2 Å². The van der Waals surface area contributed by atoms with Crippen molar-refractivity contribution in [1.29, 1.82) is 0 Å². The fourth-order valence-corrected chi connectivity index (χ4v) is 2.57. The molecule has 0 aromatic heterocycles. The molecular weight excluding hydrogens is 346 g/mol. The van der Waals surface area contributed by atoms with Crippen LogP contribution in [0.25, 0.3) is 6.08 Å². The van der Waals surface area contributed by atoms with Gasteiger partial charge in [0.05, 0.1) is 12.2 Å². The van der Waals surface area contributed by atoms with Gasteiger partial charge in [-0.2, -0.15) is 0 Å². The Labute approximate surface area is 157 Å². The van der Waals surface area contributed by atoms with E-state index in [2.05, 4.69) is 5.32 Å². The zero-order chi connectivity index (χ0) is 19.2. The minimum atomic E-state index is -0.942. The van der Waals surface area contributed by atoms with Crippen LogP contribution in [-0.4, -0.2) is 31.2 Å². The highest BCUT2D eigenvalue weighted by molar-refractivity contribution is 5.99. The smallest absolute Gasteiger partial charge is 0.338 e. The molecule has 1 atom stereocenters. The van der Waals surface area contributed by atoms with Gasteiger partial charge in [-0.25, -0.2) is 4.79 Å². The molecule has 2 aromatic carbocycles. The van der Waals surface area contributed by atoms with E-state index in [1.807, 2.05) is 31.2 Å². The number of anilines is 1. The molecule has 0 aliphatic carbocycles. The maximum absolute atomic E-state index is 12.3. The Hall–Kier alpha value is -3.28. The molecule has 1 aliphatic heterocycles. The van der Waals surface area contributed by atoms with E-state index in [1.165, 1.54) is 6.92 Å². The van der Waals surface area contributed by atoms with Crippen molar-refractivity contribution in [2.75, 3.05) is 18.5 Å². The first-order valence-corrected chi connectivity index (χ1v) is 8.74. The van der Waals surface area contributed by atoms with Crippen molar-refractivity contribution in [2.45, 2.75) is 20.0 Å². The number of hydrogen-bond donors (Lipinski definition) is 1. The van der Waals surface area contributed by atoms with Crippen LogP contribution in [-0.2, 0) is 14.3 Å². The van der Waals surface area contributed by atoms with E-state index < -0.39 is 18.0 Å². The first kappa shape index (κ1) is 18.5. The topological polar surface area (TPSA) is 73.9 Å². The van der Waals surface area contributed by atoms with Crippen molar-refractivity contribution >= 4 is 23.6 Å². The Balaban J connectivity index is 1.58. The van der Waals surface area contributed by atoms with Crippen LogP contribution in [0, 0.1) is 0 Å². The molecule has 1 unspecified atom stereocenters. The fraction of sp³-hybridized carbons (Fsp3) is 0.238. The van der Waals surface area contributed by atoms with Crippen molar-refractivity contribution < 1.29 is 23.8 Å². The molecule has 0 fully saturated rings. The lowest BCUT2D eigenvalue weighted by atomic mass is 10.1. The van der Waals surface area contributed by atoms with E-state index in [1.54, 1.807) is 30.3 Å². The normalized spacial score (nSPS) is 13.5. The predicted molar refractivity (Wildman–Crippen MR) is 102 cm³/mol. The number of benzene rings is 2. The van der Waals surface area contributed by atoms with E-state index in [0.717, 1.165) is 17.1 Å². The summed E-state index contributed by atoms with van der Waals surface area (Å²) in [6.07, 6.45) is 0.778. The van der Waals surface area contributed by atoms with Crippen molar-refractivity contribution in [3.05, 3.63) is 59.7 Å². The van der Waals surface area contributed by atoms with Gasteiger partial charge in [0.2, 0.25) is 0 Å². The molecule has 0 saturated heterocycles. The van der Waals surface area contributed by atoms with Gasteiger partial charge >= 0.3 is 5.97 Å². The van der Waals surface area contributed by atoms with Crippen molar-refractivity contribution in [3.8, 4) is 11.5 Å². The highest BCUT2D eigenvalue weighted by Gasteiger charge is 2.23. The quantitative estimate of drug-likeness (QED) is 0.792. The maximum Gasteiger partial charge on any atom is 0.338 e. The van der Waals surface area contributed by atoms with Gasteiger partial charge in [0.1, 0.15) is 18.1 Å². The van der Waals surface area contributed by atoms with Gasteiger partial charge in [0.25, 0.3) is 5.91 Å². The third kappa shape index (κ3) is 4.67. The number of carbonyl (C=O) groups excluding carboxylic acids is 2. The SMILES string of the molecule is CCOc1ccc(NC(=O)C(C)OC(=O)C2=Cc3ccccc3OC2)cc1. The van der Waals surface area contributed by atoms with Crippen LogP contribution < -0.4 is 14.8 Å². The Morgan fingerprint density at radius 2 is 1.89 bits per heavy atom. The number of carbonyl (C=O) groups is 2. The molecule has 6 heteroatoms. The summed E-state index contributed by atoms with van der Waals surface area (Å²) in [7, 11) is 0. The summed E-state index contributed by atoms with van der Waals surface area (Å²) in [4.78, 5) is 24.6. The number of rotatable bonds is 6. The minimum Gasteiger partial charge on any atom is -0.494 e. The highest BCUT2D eigenvalue weighted by atomic mass is 16.6. The van der Waals surface area contributed by atoms with Crippen LogP contribution in [0.15, 0.2) is 54.1 Å². The third-order valence-corrected chi connectivity index (χ3v) is 3.98. The number of hydrogen-bond acceptors (Lipinski definition) is 5. The summed E-state index contributed by atoms with van der Waals surface area (Å²) in [6.45, 7) is 4.11. The Morgan fingerprint density at radius 1 is 1.15 bits per heavy atom. The van der Waals surface area contributed by atoms with E-state index >= 15 is 0 Å². The second-order valence-electron chi connectivity index (χ2n) is 5.99. The average molecular weight is 367 g/mol. The molecule has 2 aromatic rings. The molecule has 27 heavy (non-hydrogen) atoms. The molecular formula is C21H21NO5. The lowest BCUT2D eigenvalue weighted by Crippen LogP contribution is -2.31. The van der Waals surface area contributed by atoms with Crippen LogP contribution in [0.5, 0.6) is 11.5 Å². The van der Waals surface area contributed by atoms with Crippen LogP contribution >= 0.6 is 0 Å². The number of para-hydroxylation sites is 1. The molecule has 140 valence electrons. The summed E-state index contributed by atoms with van der Waals surface area (Å²) >= 11 is 0. The van der Waals surface area contributed by atoms with Gasteiger partial charge in [-0.05, 0) is 50.3 Å². The van der Waals surface area contributed by atoms with Crippen molar-refractivity contribution in [1.82, 2.24) is 0 Å². The summed E-state index contributed by atoms with van der Waals surface area (Å²) in [6, 6.07) is 14.4. The molecule has 6 nitrogen and oxygen atoms in total. The highest BCUT2D eigenvalue weighted by Crippen LogP contribution is 2.26. The standard InChI is InChI=1S/C21H21NO5/c1-3-25-18-10-8-17(9-11-18)22-20(23)14(2)27-21(24)16-12-15-6-4-5-7-19(15)26-13-16/h4-12,14H,3,13H2,1-2H3,(H,22,23). The number of fused-ring (bicyclic) bond motifs is 1. The van der Waals surface area contributed by atoms with E-state index in [0.29, 0.717) is 17.9 Å². The molecule has 0 radical (unpaired) electrons. The number of amides is 1. The Bertz CT molecular complexity index is 857. The molecule has 1 amide bonds. The summed E-state index contributed by atoms with van der Waals surface area (Å²) in [5.41, 5.74) is 1.78. The number of ether oxygens (including phenoxy) is 3. The first-order valence-electron chi connectivity index (χ1n) is 8.74. The van der Waals surface area contributed by atoms with E-state index in [9.17, 15) is 9.59 Å². The predicted octanol–water partition coefficient (Wildman–Crippen LogP) is 3.43. The molecule has 1 N–H and O–H groups in total. The van der Waals surface area contributed by atoms with Gasteiger partial charge in [0.15, 0.2) is 6.10 Å². The van der Waals surface area contributed by atoms with E-state index in [-0.39, 0.29) is 6.61 Å². The lowest BCUT2D eigenvalue weighted by molar-refractivity contribution is -0.149. The zero-order valence-electron chi connectivity index (χ0n) is 15.2. The minimum absolute atomic E-state index is 0.114. The Morgan fingerprint density at radius 3 is 2.63 bits per heavy atom. The largest absolute Gasteiger partial charge is 0.494 e. The van der Waals surface area contributed by atoms with Crippen molar-refractivity contribution in [2.24, 2.45) is 0 Å². The number of nitrogens with one attached hydrogen (secondary N) is 1. The summed E-state index contributed by atoms with van der Waals surface area (Å²) < 4.78 is 16.2. The first-order chi connectivity index (χ1) is 13.1. The van der Waals surface area contributed by atoms with Crippen LogP contribution in [0.1, 0.15) is 19.4 Å². The second kappa shape index (κ2) is 8.40. The van der Waals surface area contributed by atoms with Gasteiger partial charge < -0.3 is 19.5 Å².